The Morgan fingerprint density at radius 3 is 2.32 bits per heavy atom. The minimum atomic E-state index is -2.04. The Hall–Kier alpha value is -0.742. The molecule has 118 valence electrons. The molecule has 0 fully saturated rings. The molecule has 0 aromatic rings. The van der Waals surface area contributed by atoms with Crippen LogP contribution in [0.5, 0.6) is 0 Å². The van der Waals surface area contributed by atoms with Gasteiger partial charge in [0.1, 0.15) is 0 Å². The monoisotopic (exact) mass is 362 g/mol. The highest BCUT2D eigenvalue weighted by atomic mass is 29.2. The van der Waals surface area contributed by atoms with Crippen LogP contribution < -0.4 is 0 Å². The summed E-state index contributed by atoms with van der Waals surface area (Å²) in [5, 5.41) is 1.33. The number of rotatable bonds is 5. The molecule has 22 heavy (non-hydrogen) atoms. The third-order valence-electron chi connectivity index (χ3n) is 2.97. The van der Waals surface area contributed by atoms with Gasteiger partial charge in [0, 0.05) is 19.8 Å². The van der Waals surface area contributed by atoms with Crippen LogP contribution in [0.25, 0.3) is 0 Å². The van der Waals surface area contributed by atoms with Gasteiger partial charge in [-0.1, -0.05) is 23.1 Å². The van der Waals surface area contributed by atoms with Crippen LogP contribution in [0.15, 0.2) is 23.3 Å². The van der Waals surface area contributed by atoms with Crippen molar-refractivity contribution in [3.63, 3.8) is 0 Å². The smallest absolute Gasteiger partial charge is 0.310 e. The standard InChI is InChI=1S/C16H26O2Si4/c1-9-14-12-11-13-16(15(14)10-2)19-20(3)17-22(7,8)18-21(4,5)6/h1-2,11-12,19-20H,13H2,3-8H3. The highest BCUT2D eigenvalue weighted by molar-refractivity contribution is 7.14. The second-order valence-corrected chi connectivity index (χ2v) is 21.9. The van der Waals surface area contributed by atoms with Crippen LogP contribution in [0.3, 0.4) is 0 Å². The maximum Gasteiger partial charge on any atom is 0.310 e. The van der Waals surface area contributed by atoms with Crippen LogP contribution in [-0.2, 0) is 8.23 Å². The van der Waals surface area contributed by atoms with E-state index in [1.165, 1.54) is 5.17 Å². The molecule has 0 saturated heterocycles. The fraction of sp³-hybridized carbons (Fsp3) is 0.438. The maximum atomic E-state index is 6.42. The fourth-order valence-electron chi connectivity index (χ4n) is 2.63. The van der Waals surface area contributed by atoms with Gasteiger partial charge in [-0.15, -0.1) is 12.8 Å². The van der Waals surface area contributed by atoms with Gasteiger partial charge < -0.3 is 8.23 Å². The summed E-state index contributed by atoms with van der Waals surface area (Å²) >= 11 is 0. The maximum absolute atomic E-state index is 6.42. The van der Waals surface area contributed by atoms with E-state index in [2.05, 4.69) is 57.2 Å². The normalized spacial score (nSPS) is 19.0. The third-order valence-corrected chi connectivity index (χ3v) is 16.4. The molecule has 1 atom stereocenters. The molecule has 0 aromatic carbocycles. The Bertz CT molecular complexity index is 595. The molecular formula is C16H26O2Si4. The molecule has 0 heterocycles. The van der Waals surface area contributed by atoms with Gasteiger partial charge in [-0.2, -0.15) is 0 Å². The first-order valence-corrected chi connectivity index (χ1v) is 18.6. The molecule has 0 saturated carbocycles. The van der Waals surface area contributed by atoms with Gasteiger partial charge in [0.15, 0.2) is 16.9 Å². The largest absolute Gasteiger partial charge is 0.439 e. The Balaban J connectivity index is 2.90. The van der Waals surface area contributed by atoms with Gasteiger partial charge in [0.2, 0.25) is 0 Å². The summed E-state index contributed by atoms with van der Waals surface area (Å²) in [5.41, 5.74) is 1.76. The van der Waals surface area contributed by atoms with Crippen molar-refractivity contribution < 1.29 is 8.23 Å². The van der Waals surface area contributed by atoms with Crippen molar-refractivity contribution in [3.05, 3.63) is 23.3 Å². The van der Waals surface area contributed by atoms with E-state index in [1.807, 2.05) is 6.08 Å². The number of hydrogen-bond acceptors (Lipinski definition) is 2. The van der Waals surface area contributed by atoms with Crippen LogP contribution >= 0.6 is 0 Å². The van der Waals surface area contributed by atoms with Crippen LogP contribution in [-0.4, -0.2) is 39.3 Å². The van der Waals surface area contributed by atoms with E-state index in [0.717, 1.165) is 17.6 Å². The van der Waals surface area contributed by atoms with E-state index in [4.69, 9.17) is 21.1 Å². The highest BCUT2D eigenvalue weighted by Crippen LogP contribution is 2.17. The fourth-order valence-corrected chi connectivity index (χ4v) is 20.4. The van der Waals surface area contributed by atoms with Crippen molar-refractivity contribution in [3.8, 4) is 24.7 Å². The summed E-state index contributed by atoms with van der Waals surface area (Å²) in [6.45, 7) is 13.2. The summed E-state index contributed by atoms with van der Waals surface area (Å²) in [4.78, 5) is 0. The second-order valence-electron chi connectivity index (χ2n) is 6.81. The van der Waals surface area contributed by atoms with E-state index in [0.29, 0.717) is 0 Å². The molecule has 0 aliphatic heterocycles. The van der Waals surface area contributed by atoms with Crippen molar-refractivity contribution in [1.82, 2.24) is 0 Å². The van der Waals surface area contributed by atoms with E-state index in [-0.39, 0.29) is 8.65 Å². The zero-order valence-corrected chi connectivity index (χ0v) is 18.8. The van der Waals surface area contributed by atoms with Crippen molar-refractivity contribution in [2.24, 2.45) is 0 Å². The number of allylic oxidation sites excluding steroid dienone is 4. The SMILES string of the molecule is C#CC1=C(C#C)C(=[SiH][SiH](C)O[Si](C)(C)O[Si](C)(C)C)CC=C1. The zero-order valence-electron chi connectivity index (χ0n) is 14.5. The summed E-state index contributed by atoms with van der Waals surface area (Å²) in [6, 6.07) is 0. The summed E-state index contributed by atoms with van der Waals surface area (Å²) in [6.07, 6.45) is 16.2. The van der Waals surface area contributed by atoms with E-state index < -0.39 is 25.4 Å². The lowest BCUT2D eigenvalue weighted by atomic mass is 9.98. The summed E-state index contributed by atoms with van der Waals surface area (Å²) in [5.74, 6) is 5.48. The summed E-state index contributed by atoms with van der Waals surface area (Å²) in [7, 11) is -4.83. The van der Waals surface area contributed by atoms with Crippen molar-refractivity contribution >= 4 is 39.3 Å². The Labute approximate surface area is 141 Å². The molecule has 0 amide bonds. The van der Waals surface area contributed by atoms with E-state index >= 15 is 0 Å². The van der Waals surface area contributed by atoms with Crippen molar-refractivity contribution in [2.45, 2.75) is 45.7 Å². The quantitative estimate of drug-likeness (QED) is 0.553. The van der Waals surface area contributed by atoms with Crippen LogP contribution in [0.2, 0.25) is 39.3 Å². The van der Waals surface area contributed by atoms with Crippen molar-refractivity contribution in [2.75, 3.05) is 0 Å². The van der Waals surface area contributed by atoms with Gasteiger partial charge in [0.05, 0.1) is 0 Å². The van der Waals surface area contributed by atoms with Crippen LogP contribution in [0.1, 0.15) is 6.42 Å². The first-order chi connectivity index (χ1) is 10.1. The van der Waals surface area contributed by atoms with Gasteiger partial charge in [0.25, 0.3) is 0 Å². The Morgan fingerprint density at radius 1 is 1.18 bits per heavy atom. The average Bonchev–Trinajstić information content (AvgIpc) is 2.34. The van der Waals surface area contributed by atoms with Gasteiger partial charge in [-0.3, -0.25) is 0 Å². The molecule has 2 nitrogen and oxygen atoms in total. The molecule has 0 spiro atoms. The average molecular weight is 363 g/mol. The van der Waals surface area contributed by atoms with Crippen LogP contribution in [0.4, 0.5) is 0 Å². The molecular weight excluding hydrogens is 337 g/mol. The molecule has 1 aliphatic rings. The predicted octanol–water partition coefficient (Wildman–Crippen LogP) is 2.54. The van der Waals surface area contributed by atoms with E-state index in [1.54, 1.807) is 0 Å². The van der Waals surface area contributed by atoms with Gasteiger partial charge in [-0.25, -0.2) is 0 Å². The molecule has 6 heteroatoms. The number of hydrogen-bond donors (Lipinski definition) is 0. The van der Waals surface area contributed by atoms with Crippen LogP contribution in [0, 0.1) is 24.7 Å². The molecule has 0 bridgehead atoms. The molecule has 1 aliphatic carbocycles. The number of terminal acetylenes is 2. The lowest BCUT2D eigenvalue weighted by Gasteiger charge is -2.33. The lowest BCUT2D eigenvalue weighted by Crippen LogP contribution is -2.48. The van der Waals surface area contributed by atoms with E-state index in [9.17, 15) is 0 Å². The Morgan fingerprint density at radius 2 is 1.82 bits per heavy atom. The zero-order chi connectivity index (χ0) is 17.0. The minimum absolute atomic E-state index is 0.0807. The predicted molar refractivity (Wildman–Crippen MR) is 107 cm³/mol. The second kappa shape index (κ2) is 7.69. The summed E-state index contributed by atoms with van der Waals surface area (Å²) < 4.78 is 12.7. The molecule has 0 aromatic heterocycles. The van der Waals surface area contributed by atoms with Gasteiger partial charge >= 0.3 is 8.56 Å². The third kappa shape index (κ3) is 6.17. The molecule has 0 N–H and O–H groups in total. The Kier molecular flexibility index (Phi) is 6.75. The first kappa shape index (κ1) is 19.3. The molecule has 0 radical (unpaired) electrons. The molecule has 1 unspecified atom stereocenters. The lowest BCUT2D eigenvalue weighted by molar-refractivity contribution is 0.409. The molecule has 1 rings (SSSR count). The minimum Gasteiger partial charge on any atom is -0.439 e. The first-order valence-electron chi connectivity index (χ1n) is 7.51. The van der Waals surface area contributed by atoms with Crippen molar-refractivity contribution in [1.29, 1.82) is 0 Å². The highest BCUT2D eigenvalue weighted by Gasteiger charge is 2.32. The van der Waals surface area contributed by atoms with Gasteiger partial charge in [-0.05, 0) is 51.8 Å². The topological polar surface area (TPSA) is 18.5 Å².